The van der Waals surface area contributed by atoms with Crippen LogP contribution in [0.3, 0.4) is 0 Å². The van der Waals surface area contributed by atoms with Crippen molar-refractivity contribution in [2.24, 2.45) is 5.73 Å². The lowest BCUT2D eigenvalue weighted by atomic mass is 10.1. The van der Waals surface area contributed by atoms with E-state index in [1.54, 1.807) is 12.1 Å². The fourth-order valence-electron chi connectivity index (χ4n) is 1.54. The van der Waals surface area contributed by atoms with Crippen molar-refractivity contribution in [1.29, 1.82) is 0 Å². The fourth-order valence-corrected chi connectivity index (χ4v) is 1.88. The zero-order chi connectivity index (χ0) is 12.8. The molecular formula is C12H16BrFN2O. The number of amides is 1. The van der Waals surface area contributed by atoms with E-state index in [0.29, 0.717) is 24.9 Å². The summed E-state index contributed by atoms with van der Waals surface area (Å²) in [6.07, 6.45) is 1.01. The van der Waals surface area contributed by atoms with Crippen LogP contribution in [0.25, 0.3) is 0 Å². The highest BCUT2D eigenvalue weighted by atomic mass is 79.9. The Morgan fingerprint density at radius 3 is 2.88 bits per heavy atom. The molecule has 0 saturated carbocycles. The van der Waals surface area contributed by atoms with Crippen LogP contribution < -0.4 is 11.1 Å². The Bertz CT molecular complexity index is 398. The lowest BCUT2D eigenvalue weighted by molar-refractivity contribution is -0.118. The average molecular weight is 303 g/mol. The molecule has 17 heavy (non-hydrogen) atoms. The van der Waals surface area contributed by atoms with E-state index in [-0.39, 0.29) is 17.8 Å². The normalized spacial score (nSPS) is 12.4. The maximum atomic E-state index is 13.6. The predicted molar refractivity (Wildman–Crippen MR) is 68.9 cm³/mol. The van der Waals surface area contributed by atoms with Gasteiger partial charge in [-0.1, -0.05) is 22.0 Å². The molecule has 0 bridgehead atoms. The van der Waals surface area contributed by atoms with E-state index in [1.165, 1.54) is 6.07 Å². The molecule has 0 fully saturated rings. The average Bonchev–Trinajstić information content (AvgIpc) is 2.23. The first kappa shape index (κ1) is 14.1. The molecule has 0 radical (unpaired) electrons. The summed E-state index contributed by atoms with van der Waals surface area (Å²) in [5.74, 6) is -0.552. The van der Waals surface area contributed by atoms with Crippen LogP contribution in [0.5, 0.6) is 0 Å². The largest absolute Gasteiger partial charge is 0.370 e. The van der Waals surface area contributed by atoms with Gasteiger partial charge in [-0.25, -0.2) is 4.39 Å². The van der Waals surface area contributed by atoms with Gasteiger partial charge < -0.3 is 11.1 Å². The maximum absolute atomic E-state index is 13.6. The van der Waals surface area contributed by atoms with Gasteiger partial charge in [0.2, 0.25) is 5.91 Å². The Morgan fingerprint density at radius 1 is 1.59 bits per heavy atom. The third-order valence-electron chi connectivity index (χ3n) is 2.48. The van der Waals surface area contributed by atoms with Crippen LogP contribution >= 0.6 is 15.9 Å². The second kappa shape index (κ2) is 6.71. The topological polar surface area (TPSA) is 55.1 Å². The van der Waals surface area contributed by atoms with Gasteiger partial charge in [0.15, 0.2) is 0 Å². The summed E-state index contributed by atoms with van der Waals surface area (Å²) >= 11 is 3.21. The Labute approximate surface area is 109 Å². The van der Waals surface area contributed by atoms with Gasteiger partial charge in [-0.2, -0.15) is 0 Å². The Balaban J connectivity index is 2.46. The SMILES string of the molecule is CC(NCCCC(N)=O)c1ccc(Br)cc1F. The summed E-state index contributed by atoms with van der Waals surface area (Å²) in [6, 6.07) is 4.90. The van der Waals surface area contributed by atoms with Gasteiger partial charge in [-0.15, -0.1) is 0 Å². The summed E-state index contributed by atoms with van der Waals surface area (Å²) in [6.45, 7) is 2.52. The summed E-state index contributed by atoms with van der Waals surface area (Å²) in [5.41, 5.74) is 5.65. The van der Waals surface area contributed by atoms with Crippen molar-refractivity contribution in [2.75, 3.05) is 6.54 Å². The van der Waals surface area contributed by atoms with Crippen molar-refractivity contribution in [3.8, 4) is 0 Å². The van der Waals surface area contributed by atoms with Crippen LogP contribution in [0.4, 0.5) is 4.39 Å². The summed E-state index contributed by atoms with van der Waals surface area (Å²) in [7, 11) is 0. The molecule has 1 atom stereocenters. The number of nitrogens with one attached hydrogen (secondary N) is 1. The minimum Gasteiger partial charge on any atom is -0.370 e. The third kappa shape index (κ3) is 4.83. The fraction of sp³-hybridized carbons (Fsp3) is 0.417. The molecule has 1 unspecified atom stereocenters. The molecule has 1 aromatic rings. The standard InChI is InChI=1S/C12H16BrFN2O/c1-8(16-6-2-3-12(15)17)10-5-4-9(13)7-11(10)14/h4-5,7-8,16H,2-3,6H2,1H3,(H2,15,17). The molecule has 0 aliphatic rings. The maximum Gasteiger partial charge on any atom is 0.217 e. The molecule has 5 heteroatoms. The number of hydrogen-bond acceptors (Lipinski definition) is 2. The minimum atomic E-state index is -0.311. The molecule has 0 aliphatic carbocycles. The number of nitrogens with two attached hydrogens (primary N) is 1. The van der Waals surface area contributed by atoms with Gasteiger partial charge in [0, 0.05) is 22.5 Å². The first-order valence-corrected chi connectivity index (χ1v) is 6.26. The number of primary amides is 1. The smallest absolute Gasteiger partial charge is 0.217 e. The highest BCUT2D eigenvalue weighted by molar-refractivity contribution is 9.10. The van der Waals surface area contributed by atoms with Crippen molar-refractivity contribution in [1.82, 2.24) is 5.32 Å². The van der Waals surface area contributed by atoms with E-state index < -0.39 is 0 Å². The Morgan fingerprint density at radius 2 is 2.29 bits per heavy atom. The predicted octanol–water partition coefficient (Wildman–Crippen LogP) is 2.50. The zero-order valence-corrected chi connectivity index (χ0v) is 11.3. The molecule has 0 aromatic heterocycles. The van der Waals surface area contributed by atoms with Crippen LogP contribution in [-0.4, -0.2) is 12.5 Å². The second-order valence-corrected chi connectivity index (χ2v) is 4.83. The van der Waals surface area contributed by atoms with E-state index in [4.69, 9.17) is 5.73 Å². The molecule has 0 saturated heterocycles. The van der Waals surface area contributed by atoms with Crippen molar-refractivity contribution >= 4 is 21.8 Å². The van der Waals surface area contributed by atoms with Crippen LogP contribution in [0.2, 0.25) is 0 Å². The summed E-state index contributed by atoms with van der Waals surface area (Å²) < 4.78 is 14.3. The molecular weight excluding hydrogens is 287 g/mol. The molecule has 0 spiro atoms. The molecule has 94 valence electrons. The van der Waals surface area contributed by atoms with Crippen molar-refractivity contribution in [3.05, 3.63) is 34.1 Å². The van der Waals surface area contributed by atoms with E-state index in [0.717, 1.165) is 4.47 Å². The Kier molecular flexibility index (Phi) is 5.58. The van der Waals surface area contributed by atoms with Crippen molar-refractivity contribution < 1.29 is 9.18 Å². The van der Waals surface area contributed by atoms with Gasteiger partial charge in [0.05, 0.1) is 0 Å². The monoisotopic (exact) mass is 302 g/mol. The molecule has 1 amide bonds. The van der Waals surface area contributed by atoms with Crippen molar-refractivity contribution in [2.45, 2.75) is 25.8 Å². The molecule has 1 rings (SSSR count). The highest BCUT2D eigenvalue weighted by Gasteiger charge is 2.10. The van der Waals surface area contributed by atoms with Crippen molar-refractivity contribution in [3.63, 3.8) is 0 Å². The number of rotatable bonds is 6. The van der Waals surface area contributed by atoms with Crippen LogP contribution in [-0.2, 0) is 4.79 Å². The molecule has 3 N–H and O–H groups in total. The van der Waals surface area contributed by atoms with Gasteiger partial charge in [-0.3, -0.25) is 4.79 Å². The van der Waals surface area contributed by atoms with E-state index >= 15 is 0 Å². The zero-order valence-electron chi connectivity index (χ0n) is 9.67. The number of benzene rings is 1. The quantitative estimate of drug-likeness (QED) is 0.793. The van der Waals surface area contributed by atoms with Gasteiger partial charge in [-0.05, 0) is 32.0 Å². The number of hydrogen-bond donors (Lipinski definition) is 2. The van der Waals surface area contributed by atoms with E-state index in [1.807, 2.05) is 6.92 Å². The van der Waals surface area contributed by atoms with Crippen LogP contribution in [0.1, 0.15) is 31.4 Å². The number of carbonyl (C=O) groups is 1. The molecule has 0 heterocycles. The van der Waals surface area contributed by atoms with Crippen LogP contribution in [0, 0.1) is 5.82 Å². The van der Waals surface area contributed by atoms with E-state index in [2.05, 4.69) is 21.2 Å². The first-order chi connectivity index (χ1) is 8.00. The summed E-state index contributed by atoms with van der Waals surface area (Å²) in [5, 5.41) is 3.15. The van der Waals surface area contributed by atoms with Crippen LogP contribution in [0.15, 0.2) is 22.7 Å². The molecule has 0 aliphatic heterocycles. The third-order valence-corrected chi connectivity index (χ3v) is 2.97. The minimum absolute atomic E-state index is 0.0871. The highest BCUT2D eigenvalue weighted by Crippen LogP contribution is 2.20. The first-order valence-electron chi connectivity index (χ1n) is 5.47. The number of carbonyl (C=O) groups excluding carboxylic acids is 1. The van der Waals surface area contributed by atoms with Gasteiger partial charge in [0.25, 0.3) is 0 Å². The second-order valence-electron chi connectivity index (χ2n) is 3.91. The molecule has 1 aromatic carbocycles. The molecule has 3 nitrogen and oxygen atoms in total. The van der Waals surface area contributed by atoms with Gasteiger partial charge in [0.1, 0.15) is 5.82 Å². The van der Waals surface area contributed by atoms with E-state index in [9.17, 15) is 9.18 Å². The summed E-state index contributed by atoms with van der Waals surface area (Å²) in [4.78, 5) is 10.5. The van der Waals surface area contributed by atoms with Gasteiger partial charge >= 0.3 is 0 Å². The Hall–Kier alpha value is -0.940. The lowest BCUT2D eigenvalue weighted by Gasteiger charge is -2.14. The lowest BCUT2D eigenvalue weighted by Crippen LogP contribution is -2.22. The number of halogens is 2.